The van der Waals surface area contributed by atoms with Crippen LogP contribution in [0.25, 0.3) is 0 Å². The minimum absolute atomic E-state index is 0.275. The van der Waals surface area contributed by atoms with Crippen molar-refractivity contribution in [1.82, 2.24) is 10.3 Å². The number of halogens is 1. The highest BCUT2D eigenvalue weighted by Gasteiger charge is 2.08. The summed E-state index contributed by atoms with van der Waals surface area (Å²) in [4.78, 5) is 24.9. The number of rotatable bonds is 4. The lowest BCUT2D eigenvalue weighted by atomic mass is 10.2. The molecule has 2 N–H and O–H groups in total. The molecule has 1 aromatic heterocycles. The van der Waals surface area contributed by atoms with Gasteiger partial charge in [0.2, 0.25) is 0 Å². The van der Waals surface area contributed by atoms with Crippen LogP contribution in [-0.4, -0.2) is 17.2 Å². The van der Waals surface area contributed by atoms with E-state index in [4.69, 9.17) is 11.6 Å². The van der Waals surface area contributed by atoms with E-state index in [1.807, 2.05) is 18.2 Å². The maximum atomic E-state index is 11.8. The summed E-state index contributed by atoms with van der Waals surface area (Å²) in [7, 11) is 0. The predicted molar refractivity (Wildman–Crippen MR) is 68.8 cm³/mol. The van der Waals surface area contributed by atoms with E-state index in [2.05, 4.69) is 10.3 Å². The van der Waals surface area contributed by atoms with E-state index in [-0.39, 0.29) is 5.91 Å². The molecule has 0 atom stereocenters. The number of aromatic nitrogens is 1. The van der Waals surface area contributed by atoms with Crippen LogP contribution >= 0.6 is 11.6 Å². The highest BCUT2D eigenvalue weighted by atomic mass is 35.5. The summed E-state index contributed by atoms with van der Waals surface area (Å²) in [5, 5.41) is 3.33. The minimum atomic E-state index is -0.275. The predicted octanol–water partition coefficient (Wildman–Crippen LogP) is 2.41. The molecule has 1 aromatic carbocycles. The average Bonchev–Trinajstić information content (AvgIpc) is 2.86. The molecule has 0 saturated carbocycles. The summed E-state index contributed by atoms with van der Waals surface area (Å²) in [6.45, 7) is 0.341. The molecule has 92 valence electrons. The van der Waals surface area contributed by atoms with E-state index in [0.29, 0.717) is 29.2 Å². The molecular formula is C13H11ClN2O2. The first-order chi connectivity index (χ1) is 8.70. The van der Waals surface area contributed by atoms with Crippen molar-refractivity contribution in [1.29, 1.82) is 0 Å². The monoisotopic (exact) mass is 262 g/mol. The zero-order chi connectivity index (χ0) is 13.0. The van der Waals surface area contributed by atoms with Crippen LogP contribution in [0.5, 0.6) is 0 Å². The van der Waals surface area contributed by atoms with Crippen molar-refractivity contribution in [3.05, 3.63) is 58.4 Å². The molecule has 5 heteroatoms. The first kappa shape index (κ1) is 12.4. The maximum absolute atomic E-state index is 11.8. The number of benzene rings is 1. The van der Waals surface area contributed by atoms with Crippen molar-refractivity contribution in [2.24, 2.45) is 0 Å². The van der Waals surface area contributed by atoms with Crippen molar-refractivity contribution in [2.45, 2.75) is 6.54 Å². The first-order valence-corrected chi connectivity index (χ1v) is 5.74. The molecule has 0 bridgehead atoms. The van der Waals surface area contributed by atoms with E-state index < -0.39 is 0 Å². The van der Waals surface area contributed by atoms with Crippen LogP contribution < -0.4 is 5.32 Å². The van der Waals surface area contributed by atoms with Crippen LogP contribution in [0.15, 0.2) is 36.4 Å². The smallest absolute Gasteiger partial charge is 0.267 e. The molecule has 18 heavy (non-hydrogen) atoms. The van der Waals surface area contributed by atoms with Gasteiger partial charge in [-0.2, -0.15) is 0 Å². The second kappa shape index (κ2) is 5.51. The van der Waals surface area contributed by atoms with Crippen LogP contribution in [0.1, 0.15) is 26.5 Å². The fourth-order valence-electron chi connectivity index (χ4n) is 1.53. The summed E-state index contributed by atoms with van der Waals surface area (Å²) >= 11 is 5.97. The molecule has 0 aliphatic carbocycles. The molecular weight excluding hydrogens is 252 g/mol. The van der Waals surface area contributed by atoms with Crippen molar-refractivity contribution in [3.8, 4) is 0 Å². The number of nitrogens with one attached hydrogen (secondary N) is 2. The summed E-state index contributed by atoms with van der Waals surface area (Å²) < 4.78 is 0. The minimum Gasteiger partial charge on any atom is -0.348 e. The lowest BCUT2D eigenvalue weighted by Crippen LogP contribution is -2.23. The zero-order valence-corrected chi connectivity index (χ0v) is 10.2. The van der Waals surface area contributed by atoms with E-state index in [1.165, 1.54) is 0 Å². The maximum Gasteiger partial charge on any atom is 0.267 e. The van der Waals surface area contributed by atoms with Crippen molar-refractivity contribution < 1.29 is 9.59 Å². The molecule has 0 unspecified atom stereocenters. The second-order valence-electron chi connectivity index (χ2n) is 3.72. The number of aldehydes is 1. The number of hydrogen-bond acceptors (Lipinski definition) is 2. The van der Waals surface area contributed by atoms with E-state index >= 15 is 0 Å². The Morgan fingerprint density at radius 1 is 1.28 bits per heavy atom. The second-order valence-corrected chi connectivity index (χ2v) is 4.13. The van der Waals surface area contributed by atoms with Crippen LogP contribution in [0.3, 0.4) is 0 Å². The third-order valence-corrected chi connectivity index (χ3v) is 2.85. The lowest BCUT2D eigenvalue weighted by Gasteiger charge is -2.05. The van der Waals surface area contributed by atoms with E-state index in [1.54, 1.807) is 18.2 Å². The van der Waals surface area contributed by atoms with Crippen LogP contribution in [-0.2, 0) is 6.54 Å². The molecule has 1 amide bonds. The number of aromatic amines is 1. The molecule has 2 rings (SSSR count). The Morgan fingerprint density at radius 3 is 2.72 bits per heavy atom. The molecule has 1 heterocycles. The van der Waals surface area contributed by atoms with Gasteiger partial charge in [0.05, 0.1) is 5.69 Å². The normalized spacial score (nSPS) is 10.1. The molecule has 0 aliphatic rings. The molecule has 4 nitrogen and oxygen atoms in total. The topological polar surface area (TPSA) is 62.0 Å². The quantitative estimate of drug-likeness (QED) is 0.831. The van der Waals surface area contributed by atoms with Gasteiger partial charge in [0.15, 0.2) is 6.29 Å². The highest BCUT2D eigenvalue weighted by Crippen LogP contribution is 2.14. The standard InChI is InChI=1S/C13H11ClN2O2/c14-11-4-2-1-3-9(11)7-15-13(18)12-6-5-10(8-17)16-12/h1-6,8,16H,7H2,(H,15,18). The Kier molecular flexibility index (Phi) is 3.79. The molecule has 0 spiro atoms. The third-order valence-electron chi connectivity index (χ3n) is 2.48. The Bertz CT molecular complexity index is 578. The fraction of sp³-hybridized carbons (Fsp3) is 0.0769. The van der Waals surface area contributed by atoms with Gasteiger partial charge in [0, 0.05) is 11.6 Å². The van der Waals surface area contributed by atoms with Crippen molar-refractivity contribution >= 4 is 23.8 Å². The number of carbonyl (C=O) groups excluding carboxylic acids is 2. The van der Waals surface area contributed by atoms with Gasteiger partial charge >= 0.3 is 0 Å². The van der Waals surface area contributed by atoms with Crippen molar-refractivity contribution in [2.75, 3.05) is 0 Å². The van der Waals surface area contributed by atoms with Crippen LogP contribution in [0, 0.1) is 0 Å². The SMILES string of the molecule is O=Cc1ccc(C(=O)NCc2ccccc2Cl)[nH]1. The van der Waals surface area contributed by atoms with Gasteiger partial charge in [0.25, 0.3) is 5.91 Å². The van der Waals surface area contributed by atoms with E-state index in [9.17, 15) is 9.59 Å². The number of amides is 1. The Hall–Kier alpha value is -2.07. The van der Waals surface area contributed by atoms with Crippen LogP contribution in [0.4, 0.5) is 0 Å². The molecule has 0 aliphatic heterocycles. The molecule has 0 saturated heterocycles. The summed E-state index contributed by atoms with van der Waals surface area (Å²) in [5.74, 6) is -0.275. The number of H-pyrrole nitrogens is 1. The fourth-order valence-corrected chi connectivity index (χ4v) is 1.73. The number of hydrogen-bond donors (Lipinski definition) is 2. The number of carbonyl (C=O) groups is 2. The van der Waals surface area contributed by atoms with Gasteiger partial charge in [0.1, 0.15) is 5.69 Å². The average molecular weight is 263 g/mol. The third kappa shape index (κ3) is 2.78. The van der Waals surface area contributed by atoms with Gasteiger partial charge < -0.3 is 10.3 Å². The summed E-state index contributed by atoms with van der Waals surface area (Å²) in [6.07, 6.45) is 0.658. The van der Waals surface area contributed by atoms with Gasteiger partial charge in [-0.15, -0.1) is 0 Å². The van der Waals surface area contributed by atoms with Crippen LogP contribution in [0.2, 0.25) is 5.02 Å². The molecule has 0 radical (unpaired) electrons. The highest BCUT2D eigenvalue weighted by molar-refractivity contribution is 6.31. The Morgan fingerprint density at radius 2 is 2.06 bits per heavy atom. The zero-order valence-electron chi connectivity index (χ0n) is 9.44. The molecule has 2 aromatic rings. The van der Waals surface area contributed by atoms with Gasteiger partial charge in [-0.25, -0.2) is 0 Å². The largest absolute Gasteiger partial charge is 0.348 e. The summed E-state index contributed by atoms with van der Waals surface area (Å²) in [6, 6.07) is 10.4. The summed E-state index contributed by atoms with van der Waals surface area (Å²) in [5.41, 5.74) is 1.57. The van der Waals surface area contributed by atoms with Gasteiger partial charge in [-0.05, 0) is 23.8 Å². The van der Waals surface area contributed by atoms with E-state index in [0.717, 1.165) is 5.56 Å². The Labute approximate surface area is 109 Å². The van der Waals surface area contributed by atoms with Gasteiger partial charge in [-0.3, -0.25) is 9.59 Å². The van der Waals surface area contributed by atoms with Gasteiger partial charge in [-0.1, -0.05) is 29.8 Å². The Balaban J connectivity index is 2.00. The lowest BCUT2D eigenvalue weighted by molar-refractivity contribution is 0.0946. The molecule has 0 fully saturated rings. The first-order valence-electron chi connectivity index (χ1n) is 5.36. The van der Waals surface area contributed by atoms with Crippen molar-refractivity contribution in [3.63, 3.8) is 0 Å².